The van der Waals surface area contributed by atoms with Gasteiger partial charge in [-0.15, -0.1) is 0 Å². The van der Waals surface area contributed by atoms with Gasteiger partial charge in [-0.3, -0.25) is 0 Å². The first-order valence-corrected chi connectivity index (χ1v) is 4.65. The third kappa shape index (κ3) is 1.72. The van der Waals surface area contributed by atoms with E-state index in [1.54, 1.807) is 0 Å². The molecule has 1 aromatic rings. The molecule has 0 heterocycles. The molecule has 1 aliphatic rings. The highest BCUT2D eigenvalue weighted by atomic mass is 35.5. The van der Waals surface area contributed by atoms with Crippen molar-refractivity contribution in [1.29, 1.82) is 0 Å². The lowest BCUT2D eigenvalue weighted by atomic mass is 10.3. The van der Waals surface area contributed by atoms with Crippen LogP contribution in [0.2, 0.25) is 5.02 Å². The normalized spacial score (nSPS) is 26.8. The second-order valence-electron chi connectivity index (χ2n) is 3.47. The van der Waals surface area contributed by atoms with Crippen molar-refractivity contribution in [1.82, 2.24) is 0 Å². The predicted octanol–water partition coefficient (Wildman–Crippen LogP) is 3.16. The summed E-state index contributed by atoms with van der Waals surface area (Å²) in [5, 5.41) is 4.23. The Morgan fingerprint density at radius 1 is 1.33 bits per heavy atom. The number of rotatable bonds is 2. The largest absolute Gasteiger partial charge is 0.382 e. The molecule has 0 aliphatic heterocycles. The lowest BCUT2D eigenvalue weighted by molar-refractivity contribution is 0.929. The van der Waals surface area contributed by atoms with Gasteiger partial charge in [-0.1, -0.05) is 18.5 Å². The summed E-state index contributed by atoms with van der Waals surface area (Å²) in [7, 11) is 0. The summed E-state index contributed by atoms with van der Waals surface area (Å²) >= 11 is 5.76. The molecule has 0 aromatic heterocycles. The van der Waals surface area contributed by atoms with Crippen LogP contribution in [0.3, 0.4) is 0 Å². The fourth-order valence-corrected chi connectivity index (χ4v) is 1.41. The molecule has 2 unspecified atom stereocenters. The molecule has 2 heteroatoms. The minimum absolute atomic E-state index is 0.686. The maximum atomic E-state index is 5.76. The van der Waals surface area contributed by atoms with Gasteiger partial charge in [0.2, 0.25) is 0 Å². The molecule has 12 heavy (non-hydrogen) atoms. The molecule has 0 bridgehead atoms. The maximum Gasteiger partial charge on any atom is 0.0407 e. The number of anilines is 1. The van der Waals surface area contributed by atoms with E-state index in [0.717, 1.165) is 10.9 Å². The van der Waals surface area contributed by atoms with Gasteiger partial charge in [-0.25, -0.2) is 0 Å². The zero-order valence-electron chi connectivity index (χ0n) is 7.05. The smallest absolute Gasteiger partial charge is 0.0407 e. The molecular formula is C10H12ClN. The molecule has 1 aliphatic carbocycles. The molecule has 2 rings (SSSR count). The van der Waals surface area contributed by atoms with Gasteiger partial charge >= 0.3 is 0 Å². The first-order valence-electron chi connectivity index (χ1n) is 4.28. The van der Waals surface area contributed by atoms with Crippen LogP contribution >= 0.6 is 11.6 Å². The summed E-state index contributed by atoms with van der Waals surface area (Å²) in [5.41, 5.74) is 1.17. The minimum Gasteiger partial charge on any atom is -0.382 e. The van der Waals surface area contributed by atoms with E-state index >= 15 is 0 Å². The number of halogens is 1. The van der Waals surface area contributed by atoms with Crippen LogP contribution in [0.1, 0.15) is 13.3 Å². The van der Waals surface area contributed by atoms with Gasteiger partial charge in [0.05, 0.1) is 0 Å². The van der Waals surface area contributed by atoms with Gasteiger partial charge in [-0.2, -0.15) is 0 Å². The van der Waals surface area contributed by atoms with Crippen molar-refractivity contribution >= 4 is 17.3 Å². The minimum atomic E-state index is 0.686. The van der Waals surface area contributed by atoms with E-state index < -0.39 is 0 Å². The summed E-state index contributed by atoms with van der Waals surface area (Å²) in [4.78, 5) is 0. The van der Waals surface area contributed by atoms with E-state index in [0.29, 0.717) is 6.04 Å². The first kappa shape index (κ1) is 7.93. The molecule has 1 fully saturated rings. The Bertz CT molecular complexity index is 268. The number of benzene rings is 1. The summed E-state index contributed by atoms with van der Waals surface area (Å²) < 4.78 is 0. The van der Waals surface area contributed by atoms with Crippen molar-refractivity contribution in [2.24, 2.45) is 5.92 Å². The highest BCUT2D eigenvalue weighted by Crippen LogP contribution is 2.32. The monoisotopic (exact) mass is 181 g/mol. The molecule has 64 valence electrons. The Kier molecular flexibility index (Phi) is 1.97. The molecule has 1 N–H and O–H groups in total. The lowest BCUT2D eigenvalue weighted by Crippen LogP contribution is -2.02. The van der Waals surface area contributed by atoms with Crippen molar-refractivity contribution in [3.63, 3.8) is 0 Å². The van der Waals surface area contributed by atoms with Crippen molar-refractivity contribution < 1.29 is 0 Å². The fourth-order valence-electron chi connectivity index (χ4n) is 1.28. The van der Waals surface area contributed by atoms with Crippen molar-refractivity contribution in [3.05, 3.63) is 29.3 Å². The summed E-state index contributed by atoms with van der Waals surface area (Å²) in [6.07, 6.45) is 1.29. The third-order valence-corrected chi connectivity index (χ3v) is 2.56. The van der Waals surface area contributed by atoms with Crippen LogP contribution < -0.4 is 5.32 Å². The highest BCUT2D eigenvalue weighted by Gasteiger charge is 2.32. The van der Waals surface area contributed by atoms with Gasteiger partial charge in [0.25, 0.3) is 0 Å². The molecule has 0 amide bonds. The van der Waals surface area contributed by atoms with Gasteiger partial charge < -0.3 is 5.32 Å². The quantitative estimate of drug-likeness (QED) is 0.739. The molecule has 0 saturated heterocycles. The lowest BCUT2D eigenvalue weighted by Gasteiger charge is -2.03. The van der Waals surface area contributed by atoms with Crippen LogP contribution in [0.25, 0.3) is 0 Å². The third-order valence-electron chi connectivity index (χ3n) is 2.31. The standard InChI is InChI=1S/C10H12ClN/c1-7-6-10(7)12-9-4-2-8(11)3-5-9/h2-5,7,10,12H,6H2,1H3. The molecule has 1 aromatic carbocycles. The van der Waals surface area contributed by atoms with Gasteiger partial charge in [0, 0.05) is 16.8 Å². The zero-order valence-corrected chi connectivity index (χ0v) is 7.81. The Balaban J connectivity index is 2.00. The van der Waals surface area contributed by atoms with Gasteiger partial charge in [0.15, 0.2) is 0 Å². The molecular weight excluding hydrogens is 170 g/mol. The number of nitrogens with one attached hydrogen (secondary N) is 1. The zero-order chi connectivity index (χ0) is 8.55. The second kappa shape index (κ2) is 2.98. The van der Waals surface area contributed by atoms with E-state index in [1.807, 2.05) is 24.3 Å². The number of hydrogen-bond acceptors (Lipinski definition) is 1. The second-order valence-corrected chi connectivity index (χ2v) is 3.91. The van der Waals surface area contributed by atoms with E-state index in [1.165, 1.54) is 12.1 Å². The number of hydrogen-bond donors (Lipinski definition) is 1. The SMILES string of the molecule is CC1CC1Nc1ccc(Cl)cc1. The highest BCUT2D eigenvalue weighted by molar-refractivity contribution is 6.30. The Morgan fingerprint density at radius 3 is 2.42 bits per heavy atom. The molecule has 0 radical (unpaired) electrons. The Labute approximate surface area is 77.7 Å². The van der Waals surface area contributed by atoms with Gasteiger partial charge in [0.1, 0.15) is 0 Å². The molecule has 1 nitrogen and oxygen atoms in total. The predicted molar refractivity (Wildman–Crippen MR) is 52.6 cm³/mol. The average Bonchev–Trinajstić information content (AvgIpc) is 2.72. The maximum absolute atomic E-state index is 5.76. The van der Waals surface area contributed by atoms with E-state index in [9.17, 15) is 0 Å². The van der Waals surface area contributed by atoms with Crippen LogP contribution in [0, 0.1) is 5.92 Å². The topological polar surface area (TPSA) is 12.0 Å². The van der Waals surface area contributed by atoms with Crippen LogP contribution in [0.4, 0.5) is 5.69 Å². The van der Waals surface area contributed by atoms with Crippen LogP contribution in [0.5, 0.6) is 0 Å². The molecule has 1 saturated carbocycles. The first-order chi connectivity index (χ1) is 5.75. The molecule has 0 spiro atoms. The van der Waals surface area contributed by atoms with Gasteiger partial charge in [-0.05, 0) is 36.6 Å². The van der Waals surface area contributed by atoms with E-state index in [2.05, 4.69) is 12.2 Å². The Morgan fingerprint density at radius 2 is 1.92 bits per heavy atom. The van der Waals surface area contributed by atoms with E-state index in [-0.39, 0.29) is 0 Å². The van der Waals surface area contributed by atoms with Crippen molar-refractivity contribution in [2.45, 2.75) is 19.4 Å². The molecule has 2 atom stereocenters. The van der Waals surface area contributed by atoms with Crippen LogP contribution in [0.15, 0.2) is 24.3 Å². The van der Waals surface area contributed by atoms with Crippen molar-refractivity contribution in [3.8, 4) is 0 Å². The summed E-state index contributed by atoms with van der Waals surface area (Å²) in [6, 6.07) is 8.56. The van der Waals surface area contributed by atoms with E-state index in [4.69, 9.17) is 11.6 Å². The van der Waals surface area contributed by atoms with Crippen LogP contribution in [-0.4, -0.2) is 6.04 Å². The van der Waals surface area contributed by atoms with Crippen molar-refractivity contribution in [2.75, 3.05) is 5.32 Å². The average molecular weight is 182 g/mol. The summed E-state index contributed by atoms with van der Waals surface area (Å²) in [5.74, 6) is 0.834. The fraction of sp³-hybridized carbons (Fsp3) is 0.400. The van der Waals surface area contributed by atoms with Crippen LogP contribution in [-0.2, 0) is 0 Å². The summed E-state index contributed by atoms with van der Waals surface area (Å²) in [6.45, 7) is 2.26. The Hall–Kier alpha value is -0.690.